The van der Waals surface area contributed by atoms with Crippen LogP contribution < -0.4 is 0 Å². The molecule has 0 unspecified atom stereocenters. The standard InChI is InChI=1S/C14H20O3/c15-13(12-6-2-1-3-7-12)8-4-9-14-16-10-5-11-17-14/h1-3,6-7,13-15H,4-5,8-11H2/t13-/m0/s1. The topological polar surface area (TPSA) is 38.7 Å². The van der Waals surface area contributed by atoms with Crippen LogP contribution in [0, 0.1) is 0 Å². The van der Waals surface area contributed by atoms with Crippen molar-refractivity contribution in [2.75, 3.05) is 13.2 Å². The van der Waals surface area contributed by atoms with Gasteiger partial charge in [0.15, 0.2) is 6.29 Å². The highest BCUT2D eigenvalue weighted by molar-refractivity contribution is 5.16. The van der Waals surface area contributed by atoms with Gasteiger partial charge in [0.2, 0.25) is 0 Å². The Bertz CT molecular complexity index is 307. The van der Waals surface area contributed by atoms with Crippen molar-refractivity contribution in [2.24, 2.45) is 0 Å². The summed E-state index contributed by atoms with van der Waals surface area (Å²) in [5.41, 5.74) is 0.984. The Labute approximate surface area is 102 Å². The van der Waals surface area contributed by atoms with Crippen LogP contribution in [-0.4, -0.2) is 24.6 Å². The van der Waals surface area contributed by atoms with Gasteiger partial charge < -0.3 is 14.6 Å². The first-order valence-corrected chi connectivity index (χ1v) is 6.32. The molecule has 17 heavy (non-hydrogen) atoms. The fraction of sp³-hybridized carbons (Fsp3) is 0.571. The largest absolute Gasteiger partial charge is 0.388 e. The minimum atomic E-state index is -0.375. The summed E-state index contributed by atoms with van der Waals surface area (Å²) in [7, 11) is 0. The zero-order chi connectivity index (χ0) is 11.9. The quantitative estimate of drug-likeness (QED) is 0.854. The number of hydrogen-bond donors (Lipinski definition) is 1. The van der Waals surface area contributed by atoms with E-state index in [1.165, 1.54) is 0 Å². The summed E-state index contributed by atoms with van der Waals surface area (Å²) in [6, 6.07) is 9.77. The highest BCUT2D eigenvalue weighted by atomic mass is 16.7. The summed E-state index contributed by atoms with van der Waals surface area (Å²) in [6.45, 7) is 1.60. The van der Waals surface area contributed by atoms with Crippen molar-refractivity contribution >= 4 is 0 Å². The van der Waals surface area contributed by atoms with Gasteiger partial charge in [-0.2, -0.15) is 0 Å². The van der Waals surface area contributed by atoms with Crippen LogP contribution in [0.1, 0.15) is 37.4 Å². The first kappa shape index (κ1) is 12.6. The number of benzene rings is 1. The van der Waals surface area contributed by atoms with Crippen LogP contribution in [0.2, 0.25) is 0 Å². The molecule has 1 heterocycles. The summed E-state index contributed by atoms with van der Waals surface area (Å²) in [4.78, 5) is 0. The summed E-state index contributed by atoms with van der Waals surface area (Å²) < 4.78 is 10.9. The third-order valence-corrected chi connectivity index (χ3v) is 3.00. The maximum absolute atomic E-state index is 9.97. The molecule has 0 saturated carbocycles. The molecule has 94 valence electrons. The summed E-state index contributed by atoms with van der Waals surface area (Å²) in [6.07, 6.45) is 3.09. The molecule has 1 N–H and O–H groups in total. The van der Waals surface area contributed by atoms with Crippen LogP contribution in [0.25, 0.3) is 0 Å². The van der Waals surface area contributed by atoms with Crippen LogP contribution in [0.4, 0.5) is 0 Å². The lowest BCUT2D eigenvalue weighted by Gasteiger charge is -2.23. The van der Waals surface area contributed by atoms with E-state index < -0.39 is 0 Å². The number of rotatable bonds is 5. The minimum Gasteiger partial charge on any atom is -0.388 e. The second-order valence-electron chi connectivity index (χ2n) is 4.38. The van der Waals surface area contributed by atoms with E-state index in [4.69, 9.17) is 9.47 Å². The van der Waals surface area contributed by atoms with Crippen molar-refractivity contribution in [1.82, 2.24) is 0 Å². The van der Waals surface area contributed by atoms with Crippen molar-refractivity contribution in [3.8, 4) is 0 Å². The molecule has 3 heteroatoms. The molecule has 0 bridgehead atoms. The lowest BCUT2D eigenvalue weighted by Crippen LogP contribution is -2.24. The maximum atomic E-state index is 9.97. The number of aliphatic hydroxyl groups is 1. The molecule has 0 radical (unpaired) electrons. The summed E-state index contributed by atoms with van der Waals surface area (Å²) >= 11 is 0. The fourth-order valence-electron chi connectivity index (χ4n) is 2.02. The van der Waals surface area contributed by atoms with Gasteiger partial charge >= 0.3 is 0 Å². The van der Waals surface area contributed by atoms with Crippen LogP contribution in [0.15, 0.2) is 30.3 Å². The van der Waals surface area contributed by atoms with Crippen LogP contribution in [0.5, 0.6) is 0 Å². The van der Waals surface area contributed by atoms with Crippen LogP contribution in [0.3, 0.4) is 0 Å². The van der Waals surface area contributed by atoms with E-state index in [-0.39, 0.29) is 12.4 Å². The number of aliphatic hydroxyl groups excluding tert-OH is 1. The SMILES string of the molecule is O[C@@H](CCCC1OCCCO1)c1ccccc1. The Kier molecular flexibility index (Phi) is 4.98. The van der Waals surface area contributed by atoms with E-state index in [0.29, 0.717) is 0 Å². The predicted octanol–water partition coefficient (Wildman–Crippen LogP) is 2.65. The lowest BCUT2D eigenvalue weighted by molar-refractivity contribution is -0.182. The van der Waals surface area contributed by atoms with Gasteiger partial charge in [-0.1, -0.05) is 30.3 Å². The Morgan fingerprint density at radius 3 is 2.59 bits per heavy atom. The van der Waals surface area contributed by atoms with Gasteiger partial charge in [0.05, 0.1) is 19.3 Å². The first-order chi connectivity index (χ1) is 8.36. The van der Waals surface area contributed by atoms with Crippen LogP contribution in [-0.2, 0) is 9.47 Å². The zero-order valence-electron chi connectivity index (χ0n) is 10.0. The van der Waals surface area contributed by atoms with E-state index in [1.54, 1.807) is 0 Å². The van der Waals surface area contributed by atoms with Gasteiger partial charge in [0, 0.05) is 0 Å². The first-order valence-electron chi connectivity index (χ1n) is 6.32. The molecule has 1 saturated heterocycles. The molecule has 0 aliphatic carbocycles. The summed E-state index contributed by atoms with van der Waals surface area (Å²) in [5.74, 6) is 0. The predicted molar refractivity (Wildman–Crippen MR) is 65.6 cm³/mol. The van der Waals surface area contributed by atoms with Crippen molar-refractivity contribution in [2.45, 2.75) is 38.1 Å². The summed E-state index contributed by atoms with van der Waals surface area (Å²) in [5, 5.41) is 9.97. The van der Waals surface area contributed by atoms with Gasteiger partial charge in [-0.15, -0.1) is 0 Å². The molecule has 0 aromatic heterocycles. The smallest absolute Gasteiger partial charge is 0.157 e. The molecule has 0 amide bonds. The van der Waals surface area contributed by atoms with Crippen molar-refractivity contribution < 1.29 is 14.6 Å². The molecule has 0 spiro atoms. The Morgan fingerprint density at radius 2 is 1.88 bits per heavy atom. The van der Waals surface area contributed by atoms with Gasteiger partial charge in [0.1, 0.15) is 0 Å². The third kappa shape index (κ3) is 4.11. The van der Waals surface area contributed by atoms with Crippen LogP contribution >= 0.6 is 0 Å². The molecular weight excluding hydrogens is 216 g/mol. The molecule has 1 aromatic carbocycles. The van der Waals surface area contributed by atoms with E-state index in [1.807, 2.05) is 30.3 Å². The molecule has 1 fully saturated rings. The highest BCUT2D eigenvalue weighted by Gasteiger charge is 2.14. The molecule has 1 atom stereocenters. The Morgan fingerprint density at radius 1 is 1.18 bits per heavy atom. The van der Waals surface area contributed by atoms with Gasteiger partial charge in [0.25, 0.3) is 0 Å². The average Bonchev–Trinajstić information content (AvgIpc) is 2.41. The average molecular weight is 236 g/mol. The second kappa shape index (κ2) is 6.74. The maximum Gasteiger partial charge on any atom is 0.157 e. The fourth-order valence-corrected chi connectivity index (χ4v) is 2.02. The van der Waals surface area contributed by atoms with Crippen molar-refractivity contribution in [3.63, 3.8) is 0 Å². The van der Waals surface area contributed by atoms with Crippen molar-refractivity contribution in [3.05, 3.63) is 35.9 Å². The molecule has 1 aromatic rings. The zero-order valence-corrected chi connectivity index (χ0v) is 10.0. The van der Waals surface area contributed by atoms with E-state index in [0.717, 1.165) is 44.5 Å². The number of hydrogen-bond acceptors (Lipinski definition) is 3. The van der Waals surface area contributed by atoms with Gasteiger partial charge in [-0.3, -0.25) is 0 Å². The molecule has 1 aliphatic heterocycles. The molecular formula is C14H20O3. The lowest BCUT2D eigenvalue weighted by atomic mass is 10.0. The van der Waals surface area contributed by atoms with E-state index in [2.05, 4.69) is 0 Å². The molecule has 3 nitrogen and oxygen atoms in total. The third-order valence-electron chi connectivity index (χ3n) is 3.00. The van der Waals surface area contributed by atoms with Gasteiger partial charge in [-0.05, 0) is 31.2 Å². The normalized spacial score (nSPS) is 19.1. The van der Waals surface area contributed by atoms with Crippen molar-refractivity contribution in [1.29, 1.82) is 0 Å². The number of ether oxygens (including phenoxy) is 2. The Balaban J connectivity index is 1.67. The van der Waals surface area contributed by atoms with Gasteiger partial charge in [-0.25, -0.2) is 0 Å². The molecule has 2 rings (SSSR count). The van der Waals surface area contributed by atoms with E-state index in [9.17, 15) is 5.11 Å². The monoisotopic (exact) mass is 236 g/mol. The highest BCUT2D eigenvalue weighted by Crippen LogP contribution is 2.20. The second-order valence-corrected chi connectivity index (χ2v) is 4.38. The minimum absolute atomic E-state index is 0.0632. The Hall–Kier alpha value is -0.900. The van der Waals surface area contributed by atoms with E-state index >= 15 is 0 Å². The molecule has 1 aliphatic rings.